The first-order chi connectivity index (χ1) is 9.61. The predicted molar refractivity (Wildman–Crippen MR) is 81.2 cm³/mol. The third kappa shape index (κ3) is 3.61. The minimum atomic E-state index is -0.205. The number of aliphatic hydroxyl groups excluding tert-OH is 1. The summed E-state index contributed by atoms with van der Waals surface area (Å²) in [6.07, 6.45) is 3.58. The number of aromatic nitrogens is 1. The fourth-order valence-electron chi connectivity index (χ4n) is 2.12. The van der Waals surface area contributed by atoms with Gasteiger partial charge in [0.15, 0.2) is 5.13 Å². The monoisotopic (exact) mass is 298 g/mol. The van der Waals surface area contributed by atoms with Crippen LogP contribution in [0.1, 0.15) is 35.9 Å². The second-order valence-corrected chi connectivity index (χ2v) is 6.23. The number of rotatable bonds is 5. The van der Waals surface area contributed by atoms with Crippen LogP contribution in [-0.4, -0.2) is 42.2 Å². The number of piperidine rings is 1. The molecular weight excluding hydrogens is 276 g/mol. The molecule has 1 aliphatic heterocycles. The number of hydrogen-bond donors (Lipinski definition) is 3. The summed E-state index contributed by atoms with van der Waals surface area (Å²) in [7, 11) is 0. The van der Waals surface area contributed by atoms with Crippen molar-refractivity contribution in [2.75, 3.05) is 36.9 Å². The molecule has 20 heavy (non-hydrogen) atoms. The Hall–Kier alpha value is -1.34. The summed E-state index contributed by atoms with van der Waals surface area (Å²) in [5, 5.41) is 12.6. The first-order valence-corrected chi connectivity index (χ1v) is 7.83. The molecule has 0 aromatic carbocycles. The van der Waals surface area contributed by atoms with Gasteiger partial charge in [0.05, 0.1) is 0 Å². The molecule has 1 atom stereocenters. The van der Waals surface area contributed by atoms with Gasteiger partial charge < -0.3 is 21.1 Å². The van der Waals surface area contributed by atoms with Gasteiger partial charge in [0.2, 0.25) is 0 Å². The molecule has 1 fully saturated rings. The van der Waals surface area contributed by atoms with Crippen molar-refractivity contribution in [1.82, 2.24) is 10.3 Å². The Labute approximate surface area is 123 Å². The molecule has 0 spiro atoms. The second kappa shape index (κ2) is 6.90. The summed E-state index contributed by atoms with van der Waals surface area (Å²) < 4.78 is 0. The summed E-state index contributed by atoms with van der Waals surface area (Å²) in [6.45, 7) is 4.32. The molecule has 2 rings (SSSR count). The standard InChI is InChI=1S/C13H22N4O2S/c1-9(8-18)7-15-12(19)10-11(14)16-13(20-10)17-5-3-2-4-6-17/h9,18H,2-8,14H2,1H3,(H,15,19). The van der Waals surface area contributed by atoms with Crippen LogP contribution < -0.4 is 16.0 Å². The van der Waals surface area contributed by atoms with Crippen LogP contribution in [0, 0.1) is 5.92 Å². The molecule has 0 radical (unpaired) electrons. The summed E-state index contributed by atoms with van der Waals surface area (Å²) >= 11 is 1.35. The van der Waals surface area contributed by atoms with Crippen molar-refractivity contribution in [2.45, 2.75) is 26.2 Å². The van der Waals surface area contributed by atoms with E-state index >= 15 is 0 Å². The first-order valence-electron chi connectivity index (χ1n) is 7.02. The van der Waals surface area contributed by atoms with Crippen molar-refractivity contribution < 1.29 is 9.90 Å². The van der Waals surface area contributed by atoms with Crippen molar-refractivity contribution in [3.05, 3.63) is 4.88 Å². The van der Waals surface area contributed by atoms with E-state index in [1.807, 2.05) is 6.92 Å². The van der Waals surface area contributed by atoms with Gasteiger partial charge in [0.1, 0.15) is 10.7 Å². The minimum Gasteiger partial charge on any atom is -0.396 e. The van der Waals surface area contributed by atoms with Gasteiger partial charge in [-0.05, 0) is 25.2 Å². The molecule has 1 amide bonds. The van der Waals surface area contributed by atoms with E-state index in [0.717, 1.165) is 31.1 Å². The van der Waals surface area contributed by atoms with E-state index in [2.05, 4.69) is 15.2 Å². The molecule has 1 saturated heterocycles. The maximum atomic E-state index is 12.1. The van der Waals surface area contributed by atoms with E-state index < -0.39 is 0 Å². The second-order valence-electron chi connectivity index (χ2n) is 5.26. The van der Waals surface area contributed by atoms with Crippen LogP contribution in [0.2, 0.25) is 0 Å². The van der Waals surface area contributed by atoms with Crippen LogP contribution in [0.15, 0.2) is 0 Å². The summed E-state index contributed by atoms with van der Waals surface area (Å²) in [4.78, 5) is 19.0. The average Bonchev–Trinajstić information content (AvgIpc) is 2.87. The molecule has 0 bridgehead atoms. The van der Waals surface area contributed by atoms with E-state index in [4.69, 9.17) is 10.8 Å². The van der Waals surface area contributed by atoms with E-state index in [1.165, 1.54) is 17.8 Å². The number of anilines is 2. The average molecular weight is 298 g/mol. The lowest BCUT2D eigenvalue weighted by atomic mass is 10.1. The number of carbonyl (C=O) groups excluding carboxylic acids is 1. The van der Waals surface area contributed by atoms with Crippen LogP contribution in [0.4, 0.5) is 10.9 Å². The molecule has 1 aromatic rings. The Balaban J connectivity index is 2.01. The number of nitrogen functional groups attached to an aromatic ring is 1. The molecule has 6 nitrogen and oxygen atoms in total. The molecule has 1 aromatic heterocycles. The van der Waals surface area contributed by atoms with E-state index in [1.54, 1.807) is 0 Å². The fourth-order valence-corrected chi connectivity index (χ4v) is 3.07. The van der Waals surface area contributed by atoms with E-state index in [0.29, 0.717) is 17.2 Å². The Bertz CT molecular complexity index is 457. The number of nitrogens with zero attached hydrogens (tertiary/aromatic N) is 2. The number of nitrogens with one attached hydrogen (secondary N) is 1. The molecule has 4 N–H and O–H groups in total. The third-order valence-corrected chi connectivity index (χ3v) is 4.53. The number of amides is 1. The maximum absolute atomic E-state index is 12.1. The van der Waals surface area contributed by atoms with Crippen molar-refractivity contribution in [3.63, 3.8) is 0 Å². The van der Waals surface area contributed by atoms with Crippen LogP contribution in [0.25, 0.3) is 0 Å². The van der Waals surface area contributed by atoms with Gasteiger partial charge in [-0.25, -0.2) is 4.98 Å². The highest BCUT2D eigenvalue weighted by Gasteiger charge is 2.20. The third-order valence-electron chi connectivity index (χ3n) is 3.40. The zero-order valence-electron chi connectivity index (χ0n) is 11.8. The summed E-state index contributed by atoms with van der Waals surface area (Å²) in [5.41, 5.74) is 5.85. The zero-order chi connectivity index (χ0) is 14.5. The van der Waals surface area contributed by atoms with Gasteiger partial charge in [-0.1, -0.05) is 18.3 Å². The minimum absolute atomic E-state index is 0.0367. The molecule has 1 unspecified atom stereocenters. The summed E-state index contributed by atoms with van der Waals surface area (Å²) in [6, 6.07) is 0. The quantitative estimate of drug-likeness (QED) is 0.756. The van der Waals surface area contributed by atoms with Gasteiger partial charge in [-0.2, -0.15) is 0 Å². The normalized spacial score (nSPS) is 17.0. The van der Waals surface area contributed by atoms with Crippen LogP contribution in [0.5, 0.6) is 0 Å². The highest BCUT2D eigenvalue weighted by molar-refractivity contribution is 7.18. The van der Waals surface area contributed by atoms with Gasteiger partial charge in [0, 0.05) is 26.2 Å². The first kappa shape index (κ1) is 15.1. The topological polar surface area (TPSA) is 91.5 Å². The van der Waals surface area contributed by atoms with E-state index in [-0.39, 0.29) is 18.4 Å². The lowest BCUT2D eigenvalue weighted by Gasteiger charge is -2.25. The SMILES string of the molecule is CC(CO)CNC(=O)c1sc(N2CCCCC2)nc1N. The molecule has 1 aliphatic rings. The number of nitrogens with two attached hydrogens (primary N) is 1. The Morgan fingerprint density at radius 3 is 2.85 bits per heavy atom. The fraction of sp³-hybridized carbons (Fsp3) is 0.692. The van der Waals surface area contributed by atoms with Crippen molar-refractivity contribution in [3.8, 4) is 0 Å². The highest BCUT2D eigenvalue weighted by Crippen LogP contribution is 2.29. The molecular formula is C13H22N4O2S. The van der Waals surface area contributed by atoms with Crippen molar-refractivity contribution in [2.24, 2.45) is 5.92 Å². The Morgan fingerprint density at radius 1 is 1.50 bits per heavy atom. The molecule has 112 valence electrons. The number of hydrogen-bond acceptors (Lipinski definition) is 6. The van der Waals surface area contributed by atoms with Gasteiger partial charge in [0.25, 0.3) is 5.91 Å². The predicted octanol–water partition coefficient (Wildman–Crippen LogP) is 1.07. The Morgan fingerprint density at radius 2 is 2.20 bits per heavy atom. The lowest BCUT2D eigenvalue weighted by Crippen LogP contribution is -2.29. The number of carbonyl (C=O) groups is 1. The van der Waals surface area contributed by atoms with Gasteiger partial charge >= 0.3 is 0 Å². The Kier molecular flexibility index (Phi) is 5.19. The lowest BCUT2D eigenvalue weighted by molar-refractivity contribution is 0.0947. The zero-order valence-corrected chi connectivity index (χ0v) is 12.6. The molecule has 0 aliphatic carbocycles. The maximum Gasteiger partial charge on any atom is 0.265 e. The van der Waals surface area contributed by atoms with Crippen LogP contribution in [0.3, 0.4) is 0 Å². The molecule has 2 heterocycles. The smallest absolute Gasteiger partial charge is 0.265 e. The van der Waals surface area contributed by atoms with Crippen LogP contribution in [-0.2, 0) is 0 Å². The molecule has 7 heteroatoms. The highest BCUT2D eigenvalue weighted by atomic mass is 32.1. The molecule has 0 saturated carbocycles. The van der Waals surface area contributed by atoms with Gasteiger partial charge in [-0.15, -0.1) is 0 Å². The largest absolute Gasteiger partial charge is 0.396 e. The van der Waals surface area contributed by atoms with E-state index in [9.17, 15) is 4.79 Å². The van der Waals surface area contributed by atoms with Crippen LogP contribution >= 0.6 is 11.3 Å². The van der Waals surface area contributed by atoms with Gasteiger partial charge in [-0.3, -0.25) is 4.79 Å². The van der Waals surface area contributed by atoms with Crippen molar-refractivity contribution >= 4 is 28.2 Å². The van der Waals surface area contributed by atoms with Crippen molar-refractivity contribution in [1.29, 1.82) is 0 Å². The summed E-state index contributed by atoms with van der Waals surface area (Å²) in [5.74, 6) is 0.128. The number of aliphatic hydroxyl groups is 1. The number of thiazole rings is 1.